The molecule has 0 radical (unpaired) electrons. The second-order valence-electron chi connectivity index (χ2n) is 5.98. The molecular weight excluding hydrogens is 312 g/mol. The predicted molar refractivity (Wildman–Crippen MR) is 92.8 cm³/mol. The van der Waals surface area contributed by atoms with Crippen molar-refractivity contribution < 1.29 is 9.90 Å². The molecule has 0 unspecified atom stereocenters. The maximum atomic E-state index is 11.1. The monoisotopic (exact) mass is 332 g/mol. The molecule has 0 aromatic heterocycles. The van der Waals surface area contributed by atoms with Gasteiger partial charge in [-0.25, -0.2) is 4.79 Å². The largest absolute Gasteiger partial charge is 0.478 e. The molecule has 122 valence electrons. The molecular formula is C16H20N4O2S. The SMILES string of the molecule is O=C(O)c1ccccc1/C=N\NC(=S)N[C@@H]1CN2CCC1CC2. The van der Waals surface area contributed by atoms with E-state index in [0.717, 1.165) is 6.54 Å². The third-order valence-corrected chi connectivity index (χ3v) is 4.74. The molecule has 4 rings (SSSR count). The molecule has 3 saturated heterocycles. The Labute approximate surface area is 140 Å². The van der Waals surface area contributed by atoms with Crippen LogP contribution in [0.15, 0.2) is 29.4 Å². The third-order valence-electron chi connectivity index (χ3n) is 4.53. The van der Waals surface area contributed by atoms with E-state index in [0.29, 0.717) is 22.6 Å². The Bertz CT molecular complexity index is 626. The first kappa shape index (κ1) is 15.9. The molecule has 3 heterocycles. The fourth-order valence-electron chi connectivity index (χ4n) is 3.29. The Kier molecular flexibility index (Phi) is 4.88. The number of carboxylic acids is 1. The van der Waals surface area contributed by atoms with Crippen LogP contribution in [0, 0.1) is 5.92 Å². The summed E-state index contributed by atoms with van der Waals surface area (Å²) >= 11 is 5.28. The van der Waals surface area contributed by atoms with Gasteiger partial charge in [0.05, 0.1) is 11.8 Å². The smallest absolute Gasteiger partial charge is 0.336 e. The predicted octanol–water partition coefficient (Wildman–Crippen LogP) is 1.28. The quantitative estimate of drug-likeness (QED) is 0.438. The molecule has 1 aromatic carbocycles. The Morgan fingerprint density at radius 1 is 1.35 bits per heavy atom. The van der Waals surface area contributed by atoms with Gasteiger partial charge in [-0.2, -0.15) is 5.10 Å². The normalized spacial score (nSPS) is 26.2. The number of hydrogen-bond donors (Lipinski definition) is 3. The summed E-state index contributed by atoms with van der Waals surface area (Å²) < 4.78 is 0. The summed E-state index contributed by atoms with van der Waals surface area (Å²) in [6.45, 7) is 3.40. The van der Waals surface area contributed by atoms with Crippen molar-refractivity contribution in [3.63, 3.8) is 0 Å². The number of nitrogens with one attached hydrogen (secondary N) is 2. The van der Waals surface area contributed by atoms with Crippen LogP contribution >= 0.6 is 12.2 Å². The summed E-state index contributed by atoms with van der Waals surface area (Å²) in [5.74, 6) is -0.295. The minimum Gasteiger partial charge on any atom is -0.478 e. The molecule has 1 aromatic rings. The number of nitrogens with zero attached hydrogens (tertiary/aromatic N) is 2. The molecule has 6 nitrogen and oxygen atoms in total. The van der Waals surface area contributed by atoms with E-state index in [-0.39, 0.29) is 5.56 Å². The minimum absolute atomic E-state index is 0.217. The second kappa shape index (κ2) is 7.06. The van der Waals surface area contributed by atoms with Gasteiger partial charge in [-0.3, -0.25) is 5.43 Å². The van der Waals surface area contributed by atoms with E-state index in [1.165, 1.54) is 32.1 Å². The van der Waals surface area contributed by atoms with Gasteiger partial charge in [0.2, 0.25) is 0 Å². The Morgan fingerprint density at radius 3 is 2.74 bits per heavy atom. The summed E-state index contributed by atoms with van der Waals surface area (Å²) in [5, 5.41) is 17.0. The number of fused-ring (bicyclic) bond motifs is 3. The van der Waals surface area contributed by atoms with Crippen LogP contribution in [0.2, 0.25) is 0 Å². The maximum absolute atomic E-state index is 11.1. The van der Waals surface area contributed by atoms with Crippen LogP contribution in [0.5, 0.6) is 0 Å². The van der Waals surface area contributed by atoms with Crippen LogP contribution in [0.25, 0.3) is 0 Å². The van der Waals surface area contributed by atoms with E-state index in [1.54, 1.807) is 24.3 Å². The number of aromatic carboxylic acids is 1. The van der Waals surface area contributed by atoms with Crippen LogP contribution in [0.4, 0.5) is 0 Å². The van der Waals surface area contributed by atoms with Crippen LogP contribution in [0.3, 0.4) is 0 Å². The lowest BCUT2D eigenvalue weighted by molar-refractivity contribution is 0.0697. The van der Waals surface area contributed by atoms with Crippen molar-refractivity contribution in [2.24, 2.45) is 11.0 Å². The zero-order valence-electron chi connectivity index (χ0n) is 12.7. The number of piperidine rings is 3. The standard InChI is InChI=1S/C16H20N4O2S/c21-15(22)13-4-2-1-3-12(13)9-17-19-16(23)18-14-10-20-7-5-11(14)6-8-20/h1-4,9,11,14H,5-8,10H2,(H,21,22)(H2,18,19,23)/b17-9-/t14-/m1/s1. The summed E-state index contributed by atoms with van der Waals surface area (Å²) in [6.07, 6.45) is 3.92. The number of rotatable bonds is 4. The van der Waals surface area contributed by atoms with E-state index >= 15 is 0 Å². The fraction of sp³-hybridized carbons (Fsp3) is 0.438. The van der Waals surface area contributed by atoms with E-state index in [1.807, 2.05) is 0 Å². The van der Waals surface area contributed by atoms with Crippen molar-refractivity contribution in [2.75, 3.05) is 19.6 Å². The first-order chi connectivity index (χ1) is 11.1. The molecule has 3 aliphatic rings. The maximum Gasteiger partial charge on any atom is 0.336 e. The van der Waals surface area contributed by atoms with E-state index in [4.69, 9.17) is 17.3 Å². The zero-order valence-corrected chi connectivity index (χ0v) is 13.6. The molecule has 7 heteroatoms. The zero-order chi connectivity index (χ0) is 16.2. The molecule has 0 saturated carbocycles. The number of hydrazone groups is 1. The summed E-state index contributed by atoms with van der Waals surface area (Å²) in [7, 11) is 0. The molecule has 0 spiro atoms. The van der Waals surface area contributed by atoms with Gasteiger partial charge < -0.3 is 15.3 Å². The molecule has 1 atom stereocenters. The molecule has 0 amide bonds. The Morgan fingerprint density at radius 2 is 2.09 bits per heavy atom. The number of carboxylic acid groups (broad SMARTS) is 1. The summed E-state index contributed by atoms with van der Waals surface area (Å²) in [5.41, 5.74) is 3.54. The molecule has 2 bridgehead atoms. The summed E-state index contributed by atoms with van der Waals surface area (Å²) in [4.78, 5) is 13.6. The van der Waals surface area contributed by atoms with Gasteiger partial charge in [0.15, 0.2) is 5.11 Å². The molecule has 0 aliphatic carbocycles. The molecule has 23 heavy (non-hydrogen) atoms. The minimum atomic E-state index is -0.972. The molecule has 3 aliphatic heterocycles. The highest BCUT2D eigenvalue weighted by atomic mass is 32.1. The van der Waals surface area contributed by atoms with E-state index in [9.17, 15) is 4.79 Å². The first-order valence-corrected chi connectivity index (χ1v) is 8.18. The van der Waals surface area contributed by atoms with Gasteiger partial charge >= 0.3 is 5.97 Å². The van der Waals surface area contributed by atoms with Crippen LogP contribution < -0.4 is 10.7 Å². The van der Waals surface area contributed by atoms with Crippen molar-refractivity contribution in [2.45, 2.75) is 18.9 Å². The topological polar surface area (TPSA) is 77.0 Å². The van der Waals surface area contributed by atoms with Crippen molar-refractivity contribution >= 4 is 29.5 Å². The first-order valence-electron chi connectivity index (χ1n) is 7.78. The van der Waals surface area contributed by atoms with Gasteiger partial charge in [0.1, 0.15) is 0 Å². The Hall–Kier alpha value is -1.99. The van der Waals surface area contributed by atoms with Gasteiger partial charge in [-0.15, -0.1) is 0 Å². The van der Waals surface area contributed by atoms with E-state index in [2.05, 4.69) is 20.7 Å². The number of thiocarbonyl (C=S) groups is 1. The molecule has 3 fully saturated rings. The number of benzene rings is 1. The van der Waals surface area contributed by atoms with E-state index < -0.39 is 5.97 Å². The van der Waals surface area contributed by atoms with Crippen LogP contribution in [0.1, 0.15) is 28.8 Å². The van der Waals surface area contributed by atoms with Crippen molar-refractivity contribution in [1.29, 1.82) is 0 Å². The van der Waals surface area contributed by atoms with Gasteiger partial charge in [-0.05, 0) is 50.1 Å². The van der Waals surface area contributed by atoms with Crippen LogP contribution in [-0.2, 0) is 0 Å². The highest BCUT2D eigenvalue weighted by Crippen LogP contribution is 2.27. The lowest BCUT2D eigenvalue weighted by atomic mass is 9.84. The third kappa shape index (κ3) is 3.86. The van der Waals surface area contributed by atoms with Crippen molar-refractivity contribution in [1.82, 2.24) is 15.6 Å². The fourth-order valence-corrected chi connectivity index (χ4v) is 3.50. The number of carbonyl (C=O) groups is 1. The van der Waals surface area contributed by atoms with Crippen molar-refractivity contribution in [3.8, 4) is 0 Å². The molecule has 3 N–H and O–H groups in total. The van der Waals surface area contributed by atoms with Crippen molar-refractivity contribution in [3.05, 3.63) is 35.4 Å². The lowest BCUT2D eigenvalue weighted by Crippen LogP contribution is -2.58. The van der Waals surface area contributed by atoms with Gasteiger partial charge in [0.25, 0.3) is 0 Å². The average Bonchev–Trinajstić information content (AvgIpc) is 2.56. The lowest BCUT2D eigenvalue weighted by Gasteiger charge is -2.45. The Balaban J connectivity index is 1.54. The van der Waals surface area contributed by atoms with Gasteiger partial charge in [-0.1, -0.05) is 18.2 Å². The average molecular weight is 332 g/mol. The second-order valence-corrected chi connectivity index (χ2v) is 6.39. The highest BCUT2D eigenvalue weighted by molar-refractivity contribution is 7.80. The van der Waals surface area contributed by atoms with Gasteiger partial charge in [0, 0.05) is 18.2 Å². The van der Waals surface area contributed by atoms with Crippen LogP contribution in [-0.4, -0.2) is 53.0 Å². The number of hydrogen-bond acceptors (Lipinski definition) is 4. The highest BCUT2D eigenvalue weighted by Gasteiger charge is 2.34. The summed E-state index contributed by atoms with van der Waals surface area (Å²) in [6, 6.07) is 7.09.